The molecule has 122 valence electrons. The lowest BCUT2D eigenvalue weighted by molar-refractivity contribution is -0.125. The van der Waals surface area contributed by atoms with Gasteiger partial charge in [-0.15, -0.1) is 0 Å². The topological polar surface area (TPSA) is 64.6 Å². The molecule has 2 aromatic carbocycles. The molecular weight excluding hydrogens is 306 g/mol. The lowest BCUT2D eigenvalue weighted by atomic mass is 9.82. The number of carbonyl (C=O) groups is 2. The third-order valence-corrected chi connectivity index (χ3v) is 4.49. The first-order valence-electron chi connectivity index (χ1n) is 7.98. The first-order valence-corrected chi connectivity index (χ1v) is 7.98. The molecule has 24 heavy (non-hydrogen) atoms. The minimum Gasteiger partial charge on any atom is -0.454 e. The van der Waals surface area contributed by atoms with Crippen molar-refractivity contribution in [2.75, 3.05) is 6.79 Å². The first kappa shape index (κ1) is 14.8. The number of Topliss-reactive ketones (excluding diaryl/α,β-unsaturated/α-hetero) is 1. The summed E-state index contributed by atoms with van der Waals surface area (Å²) in [6, 6.07) is 13.1. The third kappa shape index (κ3) is 2.73. The summed E-state index contributed by atoms with van der Waals surface area (Å²) in [4.78, 5) is 24.6. The Labute approximate surface area is 139 Å². The number of carbonyl (C=O) groups excluding carboxylic acids is 2. The zero-order chi connectivity index (χ0) is 16.5. The molecule has 0 saturated carbocycles. The smallest absolute Gasteiger partial charge is 0.231 e. The molecule has 0 aromatic heterocycles. The van der Waals surface area contributed by atoms with Gasteiger partial charge in [0.1, 0.15) is 0 Å². The second-order valence-corrected chi connectivity index (χ2v) is 6.09. The highest BCUT2D eigenvalue weighted by molar-refractivity contribution is 6.01. The summed E-state index contributed by atoms with van der Waals surface area (Å²) in [6.07, 6.45) is 0.874. The van der Waals surface area contributed by atoms with Crippen LogP contribution in [0.4, 0.5) is 0 Å². The highest BCUT2D eigenvalue weighted by atomic mass is 16.7. The number of nitrogens with one attached hydrogen (secondary N) is 1. The van der Waals surface area contributed by atoms with Crippen LogP contribution in [0.25, 0.3) is 0 Å². The SMILES string of the molecule is O=C1CC(C(=O)NCc2ccc3c(c2)OCO3)Cc2ccccc21. The predicted octanol–water partition coefficient (Wildman–Crippen LogP) is 2.48. The number of fused-ring (bicyclic) bond motifs is 2. The summed E-state index contributed by atoms with van der Waals surface area (Å²) in [5.41, 5.74) is 2.64. The largest absolute Gasteiger partial charge is 0.454 e. The molecule has 0 bridgehead atoms. The quantitative estimate of drug-likeness (QED) is 0.942. The number of ether oxygens (including phenoxy) is 2. The third-order valence-electron chi connectivity index (χ3n) is 4.49. The van der Waals surface area contributed by atoms with Gasteiger partial charge in [-0.05, 0) is 29.7 Å². The second-order valence-electron chi connectivity index (χ2n) is 6.09. The van der Waals surface area contributed by atoms with Crippen LogP contribution < -0.4 is 14.8 Å². The molecule has 0 spiro atoms. The molecule has 0 radical (unpaired) electrons. The van der Waals surface area contributed by atoms with E-state index in [1.54, 1.807) is 0 Å². The Bertz CT molecular complexity index is 815. The van der Waals surface area contributed by atoms with E-state index in [0.717, 1.165) is 22.4 Å². The van der Waals surface area contributed by atoms with Crippen molar-refractivity contribution in [1.82, 2.24) is 5.32 Å². The summed E-state index contributed by atoms with van der Waals surface area (Å²) < 4.78 is 10.6. The van der Waals surface area contributed by atoms with Gasteiger partial charge in [0.15, 0.2) is 17.3 Å². The van der Waals surface area contributed by atoms with Gasteiger partial charge in [0.25, 0.3) is 0 Å². The highest BCUT2D eigenvalue weighted by Crippen LogP contribution is 2.32. The van der Waals surface area contributed by atoms with Crippen molar-refractivity contribution in [2.24, 2.45) is 5.92 Å². The lowest BCUT2D eigenvalue weighted by Crippen LogP contribution is -2.35. The Balaban J connectivity index is 1.41. The number of hydrogen-bond acceptors (Lipinski definition) is 4. The van der Waals surface area contributed by atoms with Crippen LogP contribution in [0.5, 0.6) is 11.5 Å². The average molecular weight is 323 g/mol. The van der Waals surface area contributed by atoms with Gasteiger partial charge in [-0.1, -0.05) is 30.3 Å². The van der Waals surface area contributed by atoms with Crippen LogP contribution in [0.15, 0.2) is 42.5 Å². The van der Waals surface area contributed by atoms with Gasteiger partial charge in [0.2, 0.25) is 12.7 Å². The van der Waals surface area contributed by atoms with E-state index in [-0.39, 0.29) is 30.8 Å². The number of amides is 1. The van der Waals surface area contributed by atoms with Crippen LogP contribution in [-0.4, -0.2) is 18.5 Å². The molecule has 1 unspecified atom stereocenters. The Hall–Kier alpha value is -2.82. The van der Waals surface area contributed by atoms with E-state index in [1.807, 2.05) is 42.5 Å². The first-order chi connectivity index (χ1) is 11.7. The molecule has 1 amide bonds. The lowest BCUT2D eigenvalue weighted by Gasteiger charge is -2.22. The number of benzene rings is 2. The van der Waals surface area contributed by atoms with Crippen LogP contribution in [0.2, 0.25) is 0 Å². The van der Waals surface area contributed by atoms with Crippen LogP contribution in [0.1, 0.15) is 27.9 Å². The summed E-state index contributed by atoms with van der Waals surface area (Å²) in [6.45, 7) is 0.635. The Morgan fingerprint density at radius 1 is 1.08 bits per heavy atom. The molecule has 1 heterocycles. The van der Waals surface area contributed by atoms with Gasteiger partial charge in [-0.3, -0.25) is 9.59 Å². The van der Waals surface area contributed by atoms with Crippen molar-refractivity contribution in [3.05, 3.63) is 59.2 Å². The monoisotopic (exact) mass is 323 g/mol. The minimum absolute atomic E-state index is 0.0417. The minimum atomic E-state index is -0.304. The molecule has 1 N–H and O–H groups in total. The van der Waals surface area contributed by atoms with Crippen molar-refractivity contribution in [2.45, 2.75) is 19.4 Å². The van der Waals surface area contributed by atoms with Crippen LogP contribution in [0.3, 0.4) is 0 Å². The van der Waals surface area contributed by atoms with Gasteiger partial charge < -0.3 is 14.8 Å². The van der Waals surface area contributed by atoms with Gasteiger partial charge in [-0.2, -0.15) is 0 Å². The van der Waals surface area contributed by atoms with Crippen LogP contribution in [-0.2, 0) is 17.8 Å². The molecule has 5 nitrogen and oxygen atoms in total. The van der Waals surface area contributed by atoms with Gasteiger partial charge in [-0.25, -0.2) is 0 Å². The van der Waals surface area contributed by atoms with E-state index in [0.29, 0.717) is 18.7 Å². The fourth-order valence-corrected chi connectivity index (χ4v) is 3.21. The molecule has 2 aromatic rings. The molecule has 1 aliphatic carbocycles. The molecule has 4 rings (SSSR count). The van der Waals surface area contributed by atoms with E-state index in [2.05, 4.69) is 5.32 Å². The normalized spacial score (nSPS) is 18.2. The summed E-state index contributed by atoms with van der Waals surface area (Å²) >= 11 is 0. The van der Waals surface area contributed by atoms with Crippen molar-refractivity contribution >= 4 is 11.7 Å². The number of rotatable bonds is 3. The van der Waals surface area contributed by atoms with Gasteiger partial charge >= 0.3 is 0 Å². The van der Waals surface area contributed by atoms with Crippen molar-refractivity contribution in [3.63, 3.8) is 0 Å². The van der Waals surface area contributed by atoms with Crippen molar-refractivity contribution in [1.29, 1.82) is 0 Å². The maximum absolute atomic E-state index is 12.4. The van der Waals surface area contributed by atoms with E-state index >= 15 is 0 Å². The summed E-state index contributed by atoms with van der Waals surface area (Å²) in [5, 5.41) is 2.92. The Morgan fingerprint density at radius 3 is 2.83 bits per heavy atom. The fourth-order valence-electron chi connectivity index (χ4n) is 3.21. The maximum Gasteiger partial charge on any atom is 0.231 e. The summed E-state index contributed by atoms with van der Waals surface area (Å²) in [7, 11) is 0. The molecule has 0 saturated heterocycles. The molecule has 1 atom stereocenters. The van der Waals surface area contributed by atoms with E-state index in [1.165, 1.54) is 0 Å². The standard InChI is InChI=1S/C19H17NO4/c21-16-9-14(8-13-3-1-2-4-15(13)16)19(22)20-10-12-5-6-17-18(7-12)24-11-23-17/h1-7,14H,8-11H2,(H,20,22). The number of hydrogen-bond donors (Lipinski definition) is 1. The molecule has 5 heteroatoms. The number of ketones is 1. The van der Waals surface area contributed by atoms with E-state index in [9.17, 15) is 9.59 Å². The maximum atomic E-state index is 12.4. The zero-order valence-electron chi connectivity index (χ0n) is 13.1. The predicted molar refractivity (Wildman–Crippen MR) is 87.0 cm³/mol. The second kappa shape index (κ2) is 6.00. The van der Waals surface area contributed by atoms with Gasteiger partial charge in [0.05, 0.1) is 0 Å². The van der Waals surface area contributed by atoms with Gasteiger partial charge in [0, 0.05) is 24.4 Å². The Kier molecular flexibility index (Phi) is 3.69. The average Bonchev–Trinajstić information content (AvgIpc) is 3.07. The summed E-state index contributed by atoms with van der Waals surface area (Å²) in [5.74, 6) is 1.07. The molecular formula is C19H17NO4. The van der Waals surface area contributed by atoms with Crippen LogP contribution >= 0.6 is 0 Å². The van der Waals surface area contributed by atoms with Crippen molar-refractivity contribution in [3.8, 4) is 11.5 Å². The van der Waals surface area contributed by atoms with E-state index in [4.69, 9.17) is 9.47 Å². The fraction of sp³-hybridized carbons (Fsp3) is 0.263. The molecule has 0 fully saturated rings. The molecule has 2 aliphatic rings. The van der Waals surface area contributed by atoms with Crippen LogP contribution in [0, 0.1) is 5.92 Å². The zero-order valence-corrected chi connectivity index (χ0v) is 13.1. The Morgan fingerprint density at radius 2 is 1.92 bits per heavy atom. The molecule has 1 aliphatic heterocycles. The van der Waals surface area contributed by atoms with Crippen molar-refractivity contribution < 1.29 is 19.1 Å². The highest BCUT2D eigenvalue weighted by Gasteiger charge is 2.29. The van der Waals surface area contributed by atoms with E-state index < -0.39 is 0 Å².